The van der Waals surface area contributed by atoms with Gasteiger partial charge in [-0.05, 0) is 39.0 Å². The van der Waals surface area contributed by atoms with Gasteiger partial charge in [-0.15, -0.1) is 0 Å². The van der Waals surface area contributed by atoms with E-state index in [9.17, 15) is 0 Å². The summed E-state index contributed by atoms with van der Waals surface area (Å²) in [5.74, 6) is 0.683. The Morgan fingerprint density at radius 3 is 3.08 bits per heavy atom. The first-order valence-corrected chi connectivity index (χ1v) is 4.67. The lowest BCUT2D eigenvalue weighted by Gasteiger charge is -2.21. The van der Waals surface area contributed by atoms with Crippen LogP contribution in [0, 0.1) is 5.92 Å². The van der Waals surface area contributed by atoms with Crippen molar-refractivity contribution in [2.24, 2.45) is 5.92 Å². The van der Waals surface area contributed by atoms with Crippen LogP contribution >= 0.6 is 0 Å². The maximum Gasteiger partial charge on any atom is 0.0615 e. The summed E-state index contributed by atoms with van der Waals surface area (Å²) in [7, 11) is 0. The molecule has 1 atom stereocenters. The Labute approximate surface area is 74.8 Å². The maximum absolute atomic E-state index is 8.74. The van der Waals surface area contributed by atoms with Crippen molar-refractivity contribution >= 4 is 0 Å². The summed E-state index contributed by atoms with van der Waals surface area (Å²) in [6, 6.07) is 0. The third kappa shape index (κ3) is 2.49. The molecule has 1 nitrogen and oxygen atoms in total. The molecule has 0 radical (unpaired) electrons. The maximum atomic E-state index is 8.74. The van der Waals surface area contributed by atoms with Crippen molar-refractivity contribution in [2.45, 2.75) is 33.1 Å². The molecule has 0 saturated heterocycles. The van der Waals surface area contributed by atoms with Crippen LogP contribution in [0.3, 0.4) is 0 Å². The van der Waals surface area contributed by atoms with Crippen molar-refractivity contribution in [3.63, 3.8) is 0 Å². The summed E-state index contributed by atoms with van der Waals surface area (Å²) in [4.78, 5) is 0. The number of rotatable bonds is 2. The number of aliphatic hydroxyl groups is 1. The molecule has 0 saturated carbocycles. The molecule has 1 heteroatoms. The minimum atomic E-state index is 0.186. The number of allylic oxidation sites excluding steroid dienone is 3. The summed E-state index contributed by atoms with van der Waals surface area (Å²) in [5.41, 5.74) is 2.85. The van der Waals surface area contributed by atoms with Gasteiger partial charge in [0.2, 0.25) is 0 Å². The van der Waals surface area contributed by atoms with E-state index < -0.39 is 0 Å². The molecular weight excluding hydrogens is 148 g/mol. The fourth-order valence-corrected chi connectivity index (χ4v) is 1.80. The molecule has 0 amide bonds. The predicted octanol–water partition coefficient (Wildman–Crippen LogP) is 2.67. The minimum Gasteiger partial charge on any atom is -0.392 e. The summed E-state index contributed by atoms with van der Waals surface area (Å²) < 4.78 is 0. The van der Waals surface area contributed by atoms with Crippen molar-refractivity contribution in [3.05, 3.63) is 23.3 Å². The lowest BCUT2D eigenvalue weighted by Crippen LogP contribution is -2.07. The fourth-order valence-electron chi connectivity index (χ4n) is 1.80. The van der Waals surface area contributed by atoms with E-state index in [0.29, 0.717) is 5.92 Å². The zero-order chi connectivity index (χ0) is 8.97. The van der Waals surface area contributed by atoms with E-state index in [1.165, 1.54) is 30.4 Å². The quantitative estimate of drug-likeness (QED) is 0.625. The Morgan fingerprint density at radius 1 is 1.75 bits per heavy atom. The first kappa shape index (κ1) is 9.53. The molecule has 0 heterocycles. The third-order valence-electron chi connectivity index (χ3n) is 2.63. The Hall–Kier alpha value is -0.560. The van der Waals surface area contributed by atoms with Crippen LogP contribution in [0.1, 0.15) is 33.1 Å². The molecule has 0 aromatic rings. The zero-order valence-corrected chi connectivity index (χ0v) is 8.01. The van der Waals surface area contributed by atoms with Crippen LogP contribution in [-0.2, 0) is 0 Å². The molecule has 1 rings (SSSR count). The van der Waals surface area contributed by atoms with Crippen LogP contribution in [0.2, 0.25) is 0 Å². The van der Waals surface area contributed by atoms with Gasteiger partial charge in [0.05, 0.1) is 6.61 Å². The van der Waals surface area contributed by atoms with Gasteiger partial charge in [0.15, 0.2) is 0 Å². The van der Waals surface area contributed by atoms with E-state index >= 15 is 0 Å². The summed E-state index contributed by atoms with van der Waals surface area (Å²) in [6.07, 6.45) is 7.89. The highest BCUT2D eigenvalue weighted by atomic mass is 16.2. The van der Waals surface area contributed by atoms with E-state index in [1.54, 1.807) is 0 Å². The van der Waals surface area contributed by atoms with Crippen LogP contribution in [0.15, 0.2) is 23.3 Å². The lowest BCUT2D eigenvalue weighted by molar-refractivity contribution is 0.339. The van der Waals surface area contributed by atoms with Crippen molar-refractivity contribution < 1.29 is 5.11 Å². The second-order valence-corrected chi connectivity index (χ2v) is 3.66. The van der Waals surface area contributed by atoms with Gasteiger partial charge in [-0.1, -0.05) is 23.3 Å². The molecule has 12 heavy (non-hydrogen) atoms. The standard InChI is InChI=1S/C11H18O/c1-9-4-3-5-11(8-9)10(2)6-7-12/h4,6,11-12H,3,5,7-8H2,1-2H3/b10-6-. The molecule has 68 valence electrons. The second-order valence-electron chi connectivity index (χ2n) is 3.66. The van der Waals surface area contributed by atoms with Crippen molar-refractivity contribution in [2.75, 3.05) is 6.61 Å². The molecule has 1 aliphatic rings. The van der Waals surface area contributed by atoms with Crippen LogP contribution in [0.4, 0.5) is 0 Å². The number of aliphatic hydroxyl groups excluding tert-OH is 1. The molecule has 1 N–H and O–H groups in total. The highest BCUT2D eigenvalue weighted by Gasteiger charge is 2.13. The van der Waals surface area contributed by atoms with Gasteiger partial charge in [0, 0.05) is 0 Å². The van der Waals surface area contributed by atoms with Crippen molar-refractivity contribution in [1.82, 2.24) is 0 Å². The minimum absolute atomic E-state index is 0.186. The van der Waals surface area contributed by atoms with Gasteiger partial charge in [-0.2, -0.15) is 0 Å². The molecule has 0 fully saturated rings. The van der Waals surface area contributed by atoms with Gasteiger partial charge < -0.3 is 5.11 Å². The Bertz CT molecular complexity index is 201. The Kier molecular flexibility index (Phi) is 3.54. The van der Waals surface area contributed by atoms with E-state index in [-0.39, 0.29) is 6.61 Å². The van der Waals surface area contributed by atoms with E-state index in [1.807, 2.05) is 6.08 Å². The molecule has 0 aromatic heterocycles. The summed E-state index contributed by atoms with van der Waals surface area (Å²) in [6.45, 7) is 4.50. The van der Waals surface area contributed by atoms with Crippen LogP contribution in [0.5, 0.6) is 0 Å². The molecule has 0 aromatic carbocycles. The highest BCUT2D eigenvalue weighted by molar-refractivity contribution is 5.13. The number of hydrogen-bond acceptors (Lipinski definition) is 1. The highest BCUT2D eigenvalue weighted by Crippen LogP contribution is 2.28. The van der Waals surface area contributed by atoms with Gasteiger partial charge >= 0.3 is 0 Å². The average Bonchev–Trinajstić information content (AvgIpc) is 2.05. The summed E-state index contributed by atoms with van der Waals surface area (Å²) >= 11 is 0. The smallest absolute Gasteiger partial charge is 0.0615 e. The normalized spacial score (nSPS) is 25.4. The largest absolute Gasteiger partial charge is 0.392 e. The summed E-state index contributed by atoms with van der Waals surface area (Å²) in [5, 5.41) is 8.74. The predicted molar refractivity (Wildman–Crippen MR) is 51.9 cm³/mol. The van der Waals surface area contributed by atoms with Crippen molar-refractivity contribution in [1.29, 1.82) is 0 Å². The molecule has 1 unspecified atom stereocenters. The monoisotopic (exact) mass is 166 g/mol. The van der Waals surface area contributed by atoms with E-state index in [0.717, 1.165) is 0 Å². The van der Waals surface area contributed by atoms with E-state index in [4.69, 9.17) is 5.11 Å². The molecule has 0 aliphatic heterocycles. The molecular formula is C11H18O. The van der Waals surface area contributed by atoms with Crippen LogP contribution < -0.4 is 0 Å². The van der Waals surface area contributed by atoms with Gasteiger partial charge in [-0.3, -0.25) is 0 Å². The van der Waals surface area contributed by atoms with E-state index in [2.05, 4.69) is 19.9 Å². The molecule has 0 bridgehead atoms. The van der Waals surface area contributed by atoms with Crippen molar-refractivity contribution in [3.8, 4) is 0 Å². The Morgan fingerprint density at radius 2 is 2.50 bits per heavy atom. The number of hydrogen-bond donors (Lipinski definition) is 1. The van der Waals surface area contributed by atoms with Gasteiger partial charge in [0.25, 0.3) is 0 Å². The molecule has 1 aliphatic carbocycles. The molecule has 0 spiro atoms. The second kappa shape index (κ2) is 4.46. The first-order valence-electron chi connectivity index (χ1n) is 4.67. The lowest BCUT2D eigenvalue weighted by atomic mass is 9.84. The zero-order valence-electron chi connectivity index (χ0n) is 8.01. The first-order chi connectivity index (χ1) is 5.74. The fraction of sp³-hybridized carbons (Fsp3) is 0.636. The van der Waals surface area contributed by atoms with Gasteiger partial charge in [-0.25, -0.2) is 0 Å². The Balaban J connectivity index is 2.54. The topological polar surface area (TPSA) is 20.2 Å². The van der Waals surface area contributed by atoms with Crippen LogP contribution in [0.25, 0.3) is 0 Å². The van der Waals surface area contributed by atoms with Gasteiger partial charge in [0.1, 0.15) is 0 Å². The SMILES string of the molecule is CC1=CCCC(/C(C)=C\CO)C1. The average molecular weight is 166 g/mol. The van der Waals surface area contributed by atoms with Crippen LogP contribution in [-0.4, -0.2) is 11.7 Å². The third-order valence-corrected chi connectivity index (χ3v) is 2.63.